The standard InChI is InChI=1S/C6H4NOSSi/c9-6(8-10)5-3-1-2-4-7-5/h1-4H. The molecule has 0 aliphatic heterocycles. The largest absolute Gasteiger partial charge is 0.532 e. The van der Waals surface area contributed by atoms with Crippen LogP contribution in [0.1, 0.15) is 5.69 Å². The topological polar surface area (TPSA) is 22.1 Å². The fourth-order valence-electron chi connectivity index (χ4n) is 0.536. The SMILES string of the molecule is [Si]OC(=S)c1ccccn1. The summed E-state index contributed by atoms with van der Waals surface area (Å²) in [6.45, 7) is 0. The third kappa shape index (κ3) is 1.62. The Morgan fingerprint density at radius 2 is 2.40 bits per heavy atom. The van der Waals surface area contributed by atoms with Gasteiger partial charge in [-0.25, -0.2) is 0 Å². The van der Waals surface area contributed by atoms with Gasteiger partial charge in [0.25, 0.3) is 0 Å². The maximum absolute atomic E-state index is 4.79. The van der Waals surface area contributed by atoms with Gasteiger partial charge in [0.15, 0.2) is 5.05 Å². The molecule has 1 aromatic heterocycles. The molecule has 0 saturated carbocycles. The molecule has 0 aliphatic carbocycles. The Bertz CT molecular complexity index is 226. The minimum atomic E-state index is 0.345. The van der Waals surface area contributed by atoms with Crippen molar-refractivity contribution in [3.05, 3.63) is 30.1 Å². The van der Waals surface area contributed by atoms with Crippen molar-refractivity contribution in [2.75, 3.05) is 0 Å². The van der Waals surface area contributed by atoms with E-state index in [0.717, 1.165) is 0 Å². The van der Waals surface area contributed by atoms with Crippen LogP contribution in [0.25, 0.3) is 0 Å². The Morgan fingerprint density at radius 3 is 2.90 bits per heavy atom. The molecule has 0 fully saturated rings. The summed E-state index contributed by atoms with van der Waals surface area (Å²) in [7, 11) is 2.82. The van der Waals surface area contributed by atoms with Gasteiger partial charge in [0.1, 0.15) is 5.69 Å². The number of aromatic nitrogens is 1. The maximum atomic E-state index is 4.79. The van der Waals surface area contributed by atoms with Crippen LogP contribution < -0.4 is 0 Å². The van der Waals surface area contributed by atoms with E-state index in [1.54, 1.807) is 12.3 Å². The smallest absolute Gasteiger partial charge is 0.342 e. The van der Waals surface area contributed by atoms with Gasteiger partial charge in [-0.15, -0.1) is 0 Å². The first-order chi connectivity index (χ1) is 4.84. The summed E-state index contributed by atoms with van der Waals surface area (Å²) < 4.78 is 4.61. The van der Waals surface area contributed by atoms with Crippen molar-refractivity contribution < 1.29 is 4.43 Å². The van der Waals surface area contributed by atoms with Gasteiger partial charge >= 0.3 is 10.5 Å². The highest BCUT2D eigenvalue weighted by Gasteiger charge is 1.97. The van der Waals surface area contributed by atoms with Gasteiger partial charge in [-0.2, -0.15) is 0 Å². The summed E-state index contributed by atoms with van der Waals surface area (Å²) in [5, 5.41) is 0.345. The van der Waals surface area contributed by atoms with Crippen LogP contribution in [0.15, 0.2) is 24.4 Å². The summed E-state index contributed by atoms with van der Waals surface area (Å²) in [5.41, 5.74) is 0.660. The van der Waals surface area contributed by atoms with Gasteiger partial charge in [0.2, 0.25) is 0 Å². The van der Waals surface area contributed by atoms with Crippen molar-refractivity contribution in [3.63, 3.8) is 0 Å². The molecule has 0 aromatic carbocycles. The molecule has 3 radical (unpaired) electrons. The van der Waals surface area contributed by atoms with Crippen LogP contribution in [0.2, 0.25) is 0 Å². The lowest BCUT2D eigenvalue weighted by Crippen LogP contribution is -2.02. The first kappa shape index (κ1) is 7.36. The van der Waals surface area contributed by atoms with Crippen molar-refractivity contribution in [1.29, 1.82) is 0 Å². The van der Waals surface area contributed by atoms with E-state index in [2.05, 4.69) is 19.9 Å². The van der Waals surface area contributed by atoms with Crippen LogP contribution in [-0.2, 0) is 4.43 Å². The number of hydrogen-bond donors (Lipinski definition) is 0. The van der Waals surface area contributed by atoms with Crippen LogP contribution in [0.5, 0.6) is 0 Å². The molecular formula is C6H4NOSSi. The van der Waals surface area contributed by atoms with Crippen LogP contribution in [-0.4, -0.2) is 20.5 Å². The second-order valence-corrected chi connectivity index (χ2v) is 2.18. The third-order valence-corrected chi connectivity index (χ3v) is 1.61. The lowest BCUT2D eigenvalue weighted by Gasteiger charge is -1.98. The fraction of sp³-hybridized carbons (Fsp3) is 0. The first-order valence-corrected chi connectivity index (χ1v) is 3.45. The second-order valence-electron chi connectivity index (χ2n) is 1.60. The zero-order valence-corrected chi connectivity index (χ0v) is 6.89. The molecule has 2 nitrogen and oxygen atoms in total. The Hall–Kier alpha value is -0.743. The number of pyridine rings is 1. The molecule has 0 atom stereocenters. The van der Waals surface area contributed by atoms with Gasteiger partial charge in [-0.3, -0.25) is 4.98 Å². The molecule has 0 aliphatic rings. The zero-order chi connectivity index (χ0) is 7.40. The Kier molecular flexibility index (Phi) is 2.53. The predicted octanol–water partition coefficient (Wildman–Crippen LogP) is 0.857. The minimum absolute atomic E-state index is 0.345. The predicted molar refractivity (Wildman–Crippen MR) is 42.8 cm³/mol. The highest BCUT2D eigenvalue weighted by Crippen LogP contribution is 1.95. The van der Waals surface area contributed by atoms with Gasteiger partial charge in [-0.05, 0) is 24.4 Å². The Morgan fingerprint density at radius 1 is 1.60 bits per heavy atom. The van der Waals surface area contributed by atoms with E-state index in [0.29, 0.717) is 10.7 Å². The van der Waals surface area contributed by atoms with Crippen LogP contribution in [0.3, 0.4) is 0 Å². The van der Waals surface area contributed by atoms with Gasteiger partial charge < -0.3 is 4.43 Å². The van der Waals surface area contributed by atoms with E-state index in [4.69, 9.17) is 12.2 Å². The molecule has 0 amide bonds. The van der Waals surface area contributed by atoms with Crippen molar-refractivity contribution in [2.45, 2.75) is 0 Å². The van der Waals surface area contributed by atoms with Gasteiger partial charge in [0.05, 0.1) is 0 Å². The molecule has 0 unspecified atom stereocenters. The molecule has 1 heterocycles. The molecular weight excluding hydrogens is 162 g/mol. The van der Waals surface area contributed by atoms with Crippen molar-refractivity contribution in [3.8, 4) is 0 Å². The molecule has 10 heavy (non-hydrogen) atoms. The second kappa shape index (κ2) is 3.43. The summed E-state index contributed by atoms with van der Waals surface area (Å²) in [6, 6.07) is 5.45. The van der Waals surface area contributed by atoms with Gasteiger partial charge in [-0.1, -0.05) is 6.07 Å². The molecule has 49 valence electrons. The average Bonchev–Trinajstić information content (AvgIpc) is 2.05. The van der Waals surface area contributed by atoms with Crippen LogP contribution >= 0.6 is 12.2 Å². The number of rotatable bonds is 1. The molecule has 0 saturated heterocycles. The number of nitrogens with zero attached hydrogens (tertiary/aromatic N) is 1. The minimum Gasteiger partial charge on any atom is -0.532 e. The number of thiocarbonyl (C=S) groups is 1. The molecule has 1 aromatic rings. The summed E-state index contributed by atoms with van der Waals surface area (Å²) in [6.07, 6.45) is 1.66. The van der Waals surface area contributed by atoms with E-state index < -0.39 is 0 Å². The summed E-state index contributed by atoms with van der Waals surface area (Å²) in [5.74, 6) is 0. The molecule has 4 heteroatoms. The molecule has 0 N–H and O–H groups in total. The van der Waals surface area contributed by atoms with Gasteiger partial charge in [0, 0.05) is 6.20 Å². The van der Waals surface area contributed by atoms with Crippen molar-refractivity contribution >= 4 is 27.8 Å². The highest BCUT2D eigenvalue weighted by atomic mass is 32.1. The lowest BCUT2D eigenvalue weighted by atomic mass is 10.4. The first-order valence-electron chi connectivity index (χ1n) is 2.63. The molecule has 0 bridgehead atoms. The third-order valence-electron chi connectivity index (χ3n) is 0.967. The maximum Gasteiger partial charge on any atom is 0.342 e. The fourth-order valence-corrected chi connectivity index (χ4v) is 0.761. The van der Waals surface area contributed by atoms with E-state index in [-0.39, 0.29) is 0 Å². The normalized spacial score (nSPS) is 8.90. The highest BCUT2D eigenvalue weighted by molar-refractivity contribution is 7.80. The zero-order valence-electron chi connectivity index (χ0n) is 5.07. The number of hydrogen-bond acceptors (Lipinski definition) is 3. The quantitative estimate of drug-likeness (QED) is 0.456. The van der Waals surface area contributed by atoms with E-state index in [1.807, 2.05) is 12.1 Å². The van der Waals surface area contributed by atoms with Crippen molar-refractivity contribution in [1.82, 2.24) is 4.98 Å². The van der Waals surface area contributed by atoms with Crippen LogP contribution in [0, 0.1) is 0 Å². The van der Waals surface area contributed by atoms with Crippen molar-refractivity contribution in [2.24, 2.45) is 0 Å². The van der Waals surface area contributed by atoms with E-state index in [1.165, 1.54) is 0 Å². The monoisotopic (exact) mass is 166 g/mol. The Labute approximate surface area is 67.8 Å². The van der Waals surface area contributed by atoms with E-state index >= 15 is 0 Å². The molecule has 1 rings (SSSR count). The van der Waals surface area contributed by atoms with E-state index in [9.17, 15) is 0 Å². The average molecular weight is 166 g/mol. The van der Waals surface area contributed by atoms with Crippen LogP contribution in [0.4, 0.5) is 0 Å². The molecule has 0 spiro atoms. The Balaban J connectivity index is 2.85. The summed E-state index contributed by atoms with van der Waals surface area (Å²) in [4.78, 5) is 3.95. The lowest BCUT2D eigenvalue weighted by molar-refractivity contribution is 0.629. The summed E-state index contributed by atoms with van der Waals surface area (Å²) >= 11 is 4.79.